The number of halogens is 3. The summed E-state index contributed by atoms with van der Waals surface area (Å²) in [5.74, 6) is -2.52. The second-order valence-electron chi connectivity index (χ2n) is 5.25. The summed E-state index contributed by atoms with van der Waals surface area (Å²) in [6, 6.07) is 7.00. The van der Waals surface area contributed by atoms with Crippen molar-refractivity contribution in [1.29, 1.82) is 0 Å². The first-order valence-electron chi connectivity index (χ1n) is 7.41. The van der Waals surface area contributed by atoms with Crippen LogP contribution in [0, 0.1) is 6.92 Å². The lowest BCUT2D eigenvalue weighted by atomic mass is 10.1. The van der Waals surface area contributed by atoms with Gasteiger partial charge in [-0.05, 0) is 13.3 Å². The third kappa shape index (κ3) is 7.26. The van der Waals surface area contributed by atoms with Gasteiger partial charge in [-0.1, -0.05) is 29.8 Å². The van der Waals surface area contributed by atoms with Crippen molar-refractivity contribution in [2.75, 3.05) is 13.1 Å². The Bertz CT molecular complexity index is 583. The first kappa shape index (κ1) is 19.7. The van der Waals surface area contributed by atoms with Crippen molar-refractivity contribution >= 4 is 17.6 Å². The van der Waals surface area contributed by atoms with Crippen molar-refractivity contribution in [2.45, 2.75) is 32.4 Å². The monoisotopic (exact) mass is 344 g/mol. The molecule has 2 N–H and O–H groups in total. The van der Waals surface area contributed by atoms with Gasteiger partial charge in [-0.25, -0.2) is 0 Å². The van der Waals surface area contributed by atoms with E-state index in [9.17, 15) is 27.6 Å². The molecule has 0 spiro atoms. The summed E-state index contributed by atoms with van der Waals surface area (Å²) in [4.78, 5) is 34.0. The molecule has 24 heavy (non-hydrogen) atoms. The minimum Gasteiger partial charge on any atom is -0.356 e. The maximum absolute atomic E-state index is 11.9. The fourth-order valence-corrected chi connectivity index (χ4v) is 1.82. The van der Waals surface area contributed by atoms with Gasteiger partial charge in [-0.3, -0.25) is 14.4 Å². The maximum Gasteiger partial charge on any atom is 0.471 e. The summed E-state index contributed by atoms with van der Waals surface area (Å²) in [5, 5.41) is 4.19. The van der Waals surface area contributed by atoms with E-state index in [4.69, 9.17) is 0 Å². The van der Waals surface area contributed by atoms with Gasteiger partial charge in [-0.15, -0.1) is 0 Å². The topological polar surface area (TPSA) is 75.3 Å². The number of aryl methyl sites for hydroxylation is 1. The smallest absolute Gasteiger partial charge is 0.356 e. The Morgan fingerprint density at radius 3 is 2.12 bits per heavy atom. The van der Waals surface area contributed by atoms with Crippen molar-refractivity contribution in [2.24, 2.45) is 0 Å². The lowest BCUT2D eigenvalue weighted by molar-refractivity contribution is -0.173. The molecule has 1 aromatic rings. The second-order valence-corrected chi connectivity index (χ2v) is 5.25. The van der Waals surface area contributed by atoms with Crippen molar-refractivity contribution in [3.63, 3.8) is 0 Å². The van der Waals surface area contributed by atoms with E-state index < -0.39 is 12.1 Å². The van der Waals surface area contributed by atoms with Gasteiger partial charge in [0.15, 0.2) is 5.78 Å². The molecule has 0 radical (unpaired) electrons. The van der Waals surface area contributed by atoms with Crippen LogP contribution >= 0.6 is 0 Å². The zero-order valence-electron chi connectivity index (χ0n) is 13.2. The van der Waals surface area contributed by atoms with Crippen LogP contribution in [-0.2, 0) is 9.59 Å². The van der Waals surface area contributed by atoms with Gasteiger partial charge in [0.2, 0.25) is 5.91 Å². The van der Waals surface area contributed by atoms with Crippen LogP contribution in [0.3, 0.4) is 0 Å². The van der Waals surface area contributed by atoms with E-state index >= 15 is 0 Å². The van der Waals surface area contributed by atoms with Gasteiger partial charge >= 0.3 is 12.1 Å². The van der Waals surface area contributed by atoms with Crippen LogP contribution in [0.25, 0.3) is 0 Å². The molecule has 8 heteroatoms. The molecule has 0 aliphatic heterocycles. The summed E-state index contributed by atoms with van der Waals surface area (Å²) in [6.07, 6.45) is -4.68. The second kappa shape index (κ2) is 9.05. The standard InChI is InChI=1S/C16H19F3N2O3/c1-11-3-5-12(6-4-11)13(22)7-8-14(23)20-9-2-10-21-15(24)16(17,18)19/h3-6H,2,7-10H2,1H3,(H,20,23)(H,21,24). The molecule has 5 nitrogen and oxygen atoms in total. The van der Waals surface area contributed by atoms with Crippen molar-refractivity contribution in [3.8, 4) is 0 Å². The fraction of sp³-hybridized carbons (Fsp3) is 0.438. The van der Waals surface area contributed by atoms with Crippen LogP contribution in [0.1, 0.15) is 35.2 Å². The van der Waals surface area contributed by atoms with Crippen LogP contribution in [0.15, 0.2) is 24.3 Å². The van der Waals surface area contributed by atoms with E-state index in [0.717, 1.165) is 5.56 Å². The number of Topliss-reactive ketones (excluding diaryl/α,β-unsaturated/α-hetero) is 1. The molecule has 2 amide bonds. The predicted octanol–water partition coefficient (Wildman–Crippen LogP) is 2.14. The Labute approximate surface area is 137 Å². The minimum atomic E-state index is -4.90. The van der Waals surface area contributed by atoms with Crippen molar-refractivity contribution < 1.29 is 27.6 Å². The zero-order valence-corrected chi connectivity index (χ0v) is 13.2. The number of nitrogens with one attached hydrogen (secondary N) is 2. The Balaban J connectivity index is 2.17. The van der Waals surface area contributed by atoms with Gasteiger partial charge in [0.1, 0.15) is 0 Å². The highest BCUT2D eigenvalue weighted by molar-refractivity contribution is 5.97. The number of ketones is 1. The molecule has 0 saturated carbocycles. The zero-order chi connectivity index (χ0) is 18.2. The Morgan fingerprint density at radius 1 is 0.958 bits per heavy atom. The number of carbonyl (C=O) groups excluding carboxylic acids is 3. The number of alkyl halides is 3. The van der Waals surface area contributed by atoms with E-state index in [1.54, 1.807) is 17.4 Å². The van der Waals surface area contributed by atoms with E-state index in [1.165, 1.54) is 0 Å². The molecule has 0 aromatic heterocycles. The van der Waals surface area contributed by atoms with Crippen LogP contribution in [0.2, 0.25) is 0 Å². The first-order chi connectivity index (χ1) is 11.2. The Hall–Kier alpha value is -2.38. The average molecular weight is 344 g/mol. The first-order valence-corrected chi connectivity index (χ1v) is 7.41. The van der Waals surface area contributed by atoms with E-state index in [1.807, 2.05) is 19.1 Å². The van der Waals surface area contributed by atoms with E-state index in [0.29, 0.717) is 5.56 Å². The summed E-state index contributed by atoms with van der Waals surface area (Å²) in [5.41, 5.74) is 1.56. The van der Waals surface area contributed by atoms with Gasteiger partial charge in [0.05, 0.1) is 0 Å². The third-order valence-electron chi connectivity index (χ3n) is 3.17. The summed E-state index contributed by atoms with van der Waals surface area (Å²) >= 11 is 0. The van der Waals surface area contributed by atoms with Crippen LogP contribution < -0.4 is 10.6 Å². The van der Waals surface area contributed by atoms with E-state index in [-0.39, 0.29) is 44.0 Å². The van der Waals surface area contributed by atoms with Crippen LogP contribution in [-0.4, -0.2) is 36.9 Å². The molecule has 1 rings (SSSR count). The third-order valence-corrected chi connectivity index (χ3v) is 3.17. The van der Waals surface area contributed by atoms with Gasteiger partial charge in [0.25, 0.3) is 0 Å². The number of benzene rings is 1. The fourth-order valence-electron chi connectivity index (χ4n) is 1.82. The number of hydrogen-bond donors (Lipinski definition) is 2. The molecule has 132 valence electrons. The molecule has 0 aliphatic carbocycles. The lowest BCUT2D eigenvalue weighted by Gasteiger charge is -2.08. The van der Waals surface area contributed by atoms with Crippen molar-refractivity contribution in [1.82, 2.24) is 10.6 Å². The van der Waals surface area contributed by atoms with Crippen LogP contribution in [0.4, 0.5) is 13.2 Å². The SMILES string of the molecule is Cc1ccc(C(=O)CCC(=O)NCCCNC(=O)C(F)(F)F)cc1. The Morgan fingerprint density at radius 2 is 1.54 bits per heavy atom. The summed E-state index contributed by atoms with van der Waals surface area (Å²) in [7, 11) is 0. The van der Waals surface area contributed by atoms with Gasteiger partial charge in [-0.2, -0.15) is 13.2 Å². The highest BCUT2D eigenvalue weighted by Crippen LogP contribution is 2.13. The largest absolute Gasteiger partial charge is 0.471 e. The highest BCUT2D eigenvalue weighted by Gasteiger charge is 2.38. The number of hydrogen-bond acceptors (Lipinski definition) is 3. The highest BCUT2D eigenvalue weighted by atomic mass is 19.4. The van der Waals surface area contributed by atoms with Gasteiger partial charge in [0, 0.05) is 31.5 Å². The molecular weight excluding hydrogens is 325 g/mol. The normalized spacial score (nSPS) is 11.0. The Kier molecular flexibility index (Phi) is 7.41. The van der Waals surface area contributed by atoms with Crippen molar-refractivity contribution in [3.05, 3.63) is 35.4 Å². The van der Waals surface area contributed by atoms with E-state index in [2.05, 4.69) is 5.32 Å². The summed E-state index contributed by atoms with van der Waals surface area (Å²) in [6.45, 7) is 1.83. The number of amides is 2. The molecule has 0 unspecified atom stereocenters. The van der Waals surface area contributed by atoms with Gasteiger partial charge < -0.3 is 10.6 Å². The molecule has 0 bridgehead atoms. The molecule has 0 fully saturated rings. The molecule has 0 heterocycles. The lowest BCUT2D eigenvalue weighted by Crippen LogP contribution is -2.38. The summed E-state index contributed by atoms with van der Waals surface area (Å²) < 4.78 is 35.7. The molecule has 0 saturated heterocycles. The number of carbonyl (C=O) groups is 3. The predicted molar refractivity (Wildman–Crippen MR) is 81.4 cm³/mol. The molecule has 0 aliphatic rings. The molecule has 0 atom stereocenters. The molecule has 1 aromatic carbocycles. The minimum absolute atomic E-state index is 0.00161. The quantitative estimate of drug-likeness (QED) is 0.560. The van der Waals surface area contributed by atoms with Crippen LogP contribution in [0.5, 0.6) is 0 Å². The molecular formula is C16H19F3N2O3. The maximum atomic E-state index is 11.9. The average Bonchev–Trinajstić information content (AvgIpc) is 2.51. The number of rotatable bonds is 8.